The molecule has 0 saturated carbocycles. The lowest BCUT2D eigenvalue weighted by atomic mass is 9.87. The van der Waals surface area contributed by atoms with Crippen molar-refractivity contribution in [3.05, 3.63) is 83.9 Å². The predicted molar refractivity (Wildman–Crippen MR) is 149 cm³/mol. The number of ether oxygens (including phenoxy) is 3. The molecule has 1 heterocycles. The van der Waals surface area contributed by atoms with Crippen LogP contribution in [0.5, 0.6) is 11.5 Å². The SMILES string of the molecule is COC(=O)c1ccc(NC(=O)COC(=O)[C@H]2CC(=O)N(c3ccc(Oc4ccc(C(C)(C)C)cc4)cc3)C2)cc1. The second kappa shape index (κ2) is 12.0. The molecule has 208 valence electrons. The number of nitrogens with one attached hydrogen (secondary N) is 1. The topological polar surface area (TPSA) is 111 Å². The molecule has 0 aliphatic carbocycles. The summed E-state index contributed by atoms with van der Waals surface area (Å²) in [6, 6.07) is 21.1. The van der Waals surface area contributed by atoms with Crippen LogP contribution in [0.3, 0.4) is 0 Å². The number of carbonyl (C=O) groups excluding carboxylic acids is 4. The molecule has 1 N–H and O–H groups in total. The van der Waals surface area contributed by atoms with Crippen molar-refractivity contribution >= 4 is 35.1 Å². The predicted octanol–water partition coefficient (Wildman–Crippen LogP) is 5.10. The van der Waals surface area contributed by atoms with Gasteiger partial charge in [-0.3, -0.25) is 14.4 Å². The normalized spacial score (nSPS) is 14.9. The van der Waals surface area contributed by atoms with Crippen LogP contribution < -0.4 is 15.0 Å². The van der Waals surface area contributed by atoms with Crippen molar-refractivity contribution < 1.29 is 33.4 Å². The number of methoxy groups -OCH3 is 1. The summed E-state index contributed by atoms with van der Waals surface area (Å²) >= 11 is 0. The molecule has 1 atom stereocenters. The third kappa shape index (κ3) is 7.05. The monoisotopic (exact) mass is 544 g/mol. The first-order valence-corrected chi connectivity index (χ1v) is 12.9. The van der Waals surface area contributed by atoms with E-state index >= 15 is 0 Å². The van der Waals surface area contributed by atoms with Gasteiger partial charge in [-0.15, -0.1) is 0 Å². The molecule has 0 unspecified atom stereocenters. The van der Waals surface area contributed by atoms with Crippen LogP contribution in [0.4, 0.5) is 11.4 Å². The third-order valence-corrected chi connectivity index (χ3v) is 6.50. The zero-order valence-electron chi connectivity index (χ0n) is 22.9. The van der Waals surface area contributed by atoms with Gasteiger partial charge in [0, 0.05) is 24.3 Å². The van der Waals surface area contributed by atoms with Crippen LogP contribution in [0.2, 0.25) is 0 Å². The smallest absolute Gasteiger partial charge is 0.337 e. The minimum atomic E-state index is -0.683. The molecule has 3 aromatic rings. The number of hydrogen-bond acceptors (Lipinski definition) is 7. The maximum atomic E-state index is 12.6. The Morgan fingerprint density at radius 2 is 1.50 bits per heavy atom. The summed E-state index contributed by atoms with van der Waals surface area (Å²) in [5.41, 5.74) is 2.69. The average molecular weight is 545 g/mol. The lowest BCUT2D eigenvalue weighted by Gasteiger charge is -2.19. The van der Waals surface area contributed by atoms with E-state index in [2.05, 4.69) is 30.8 Å². The van der Waals surface area contributed by atoms with Gasteiger partial charge in [0.15, 0.2) is 6.61 Å². The van der Waals surface area contributed by atoms with Crippen LogP contribution in [0.1, 0.15) is 43.1 Å². The lowest BCUT2D eigenvalue weighted by Crippen LogP contribution is -2.28. The number of benzene rings is 3. The number of anilines is 2. The molecule has 4 rings (SSSR count). The lowest BCUT2D eigenvalue weighted by molar-refractivity contribution is -0.151. The van der Waals surface area contributed by atoms with Crippen LogP contribution >= 0.6 is 0 Å². The standard InChI is InChI=1S/C31H32N2O7/c1-31(2,3)22-7-13-25(14-8-22)40-26-15-11-24(12-16-26)33-18-21(17-28(33)35)30(37)39-19-27(34)32-23-9-5-20(6-10-23)29(36)38-4/h5-16,21H,17-19H2,1-4H3,(H,32,34)/t21-/m0/s1. The number of carbonyl (C=O) groups is 4. The van der Waals surface area contributed by atoms with Gasteiger partial charge >= 0.3 is 11.9 Å². The zero-order chi connectivity index (χ0) is 28.9. The van der Waals surface area contributed by atoms with Crippen molar-refractivity contribution in [3.8, 4) is 11.5 Å². The molecule has 40 heavy (non-hydrogen) atoms. The van der Waals surface area contributed by atoms with Crippen molar-refractivity contribution in [3.63, 3.8) is 0 Å². The minimum Gasteiger partial charge on any atom is -0.465 e. The van der Waals surface area contributed by atoms with Crippen LogP contribution in [0.25, 0.3) is 0 Å². The van der Waals surface area contributed by atoms with Gasteiger partial charge in [-0.05, 0) is 71.6 Å². The van der Waals surface area contributed by atoms with E-state index in [1.807, 2.05) is 24.3 Å². The fourth-order valence-corrected chi connectivity index (χ4v) is 4.23. The zero-order valence-corrected chi connectivity index (χ0v) is 22.9. The first-order chi connectivity index (χ1) is 19.0. The van der Waals surface area contributed by atoms with Crippen molar-refractivity contribution in [1.29, 1.82) is 0 Å². The van der Waals surface area contributed by atoms with Crippen molar-refractivity contribution in [2.45, 2.75) is 32.6 Å². The molecule has 9 nitrogen and oxygen atoms in total. The number of nitrogens with zero attached hydrogens (tertiary/aromatic N) is 1. The van der Waals surface area contributed by atoms with Gasteiger partial charge < -0.3 is 24.4 Å². The average Bonchev–Trinajstić information content (AvgIpc) is 3.33. The molecular formula is C31H32N2O7. The van der Waals surface area contributed by atoms with E-state index in [0.717, 1.165) is 0 Å². The van der Waals surface area contributed by atoms with E-state index in [4.69, 9.17) is 9.47 Å². The van der Waals surface area contributed by atoms with Crippen LogP contribution in [0.15, 0.2) is 72.8 Å². The quantitative estimate of drug-likeness (QED) is 0.393. The van der Waals surface area contributed by atoms with Gasteiger partial charge in [0.1, 0.15) is 11.5 Å². The maximum absolute atomic E-state index is 12.6. The highest BCUT2D eigenvalue weighted by Gasteiger charge is 2.36. The van der Waals surface area contributed by atoms with Crippen molar-refractivity contribution in [2.75, 3.05) is 30.5 Å². The van der Waals surface area contributed by atoms with Gasteiger partial charge in [-0.1, -0.05) is 32.9 Å². The first-order valence-electron chi connectivity index (χ1n) is 12.9. The Hall–Kier alpha value is -4.66. The summed E-state index contributed by atoms with van der Waals surface area (Å²) in [5, 5.41) is 2.59. The highest BCUT2D eigenvalue weighted by molar-refractivity contribution is 6.00. The summed E-state index contributed by atoms with van der Waals surface area (Å²) in [6.45, 7) is 6.12. The largest absolute Gasteiger partial charge is 0.465 e. The van der Waals surface area contributed by atoms with Crippen LogP contribution in [-0.2, 0) is 29.3 Å². The number of esters is 2. The van der Waals surface area contributed by atoms with Gasteiger partial charge in [-0.2, -0.15) is 0 Å². The van der Waals surface area contributed by atoms with E-state index in [9.17, 15) is 19.2 Å². The van der Waals surface area contributed by atoms with E-state index in [-0.39, 0.29) is 24.3 Å². The Labute approximate surface area is 233 Å². The molecule has 0 bridgehead atoms. The number of hydrogen-bond donors (Lipinski definition) is 1. The van der Waals surface area contributed by atoms with Crippen LogP contribution in [-0.4, -0.2) is 44.0 Å². The number of amides is 2. The molecule has 1 aliphatic rings. The van der Waals surface area contributed by atoms with E-state index < -0.39 is 30.4 Å². The summed E-state index contributed by atoms with van der Waals surface area (Å²) in [7, 11) is 1.28. The fraction of sp³-hybridized carbons (Fsp3) is 0.290. The highest BCUT2D eigenvalue weighted by atomic mass is 16.5. The van der Waals surface area contributed by atoms with Crippen LogP contribution in [0, 0.1) is 5.92 Å². The molecule has 1 fully saturated rings. The Kier molecular flexibility index (Phi) is 8.52. The molecule has 0 radical (unpaired) electrons. The summed E-state index contributed by atoms with van der Waals surface area (Å²) in [6.07, 6.45) is -0.00613. The fourth-order valence-electron chi connectivity index (χ4n) is 4.23. The second-order valence-corrected chi connectivity index (χ2v) is 10.5. The molecule has 2 amide bonds. The molecule has 0 spiro atoms. The van der Waals surface area contributed by atoms with Gasteiger partial charge in [0.25, 0.3) is 5.91 Å². The Bertz CT molecular complexity index is 1380. The van der Waals surface area contributed by atoms with E-state index in [1.54, 1.807) is 36.4 Å². The summed E-state index contributed by atoms with van der Waals surface area (Å²) in [4.78, 5) is 50.4. The third-order valence-electron chi connectivity index (χ3n) is 6.50. The Morgan fingerprint density at radius 1 is 0.900 bits per heavy atom. The van der Waals surface area contributed by atoms with E-state index in [0.29, 0.717) is 28.4 Å². The van der Waals surface area contributed by atoms with E-state index in [1.165, 1.54) is 29.7 Å². The molecule has 9 heteroatoms. The number of rotatable bonds is 8. The van der Waals surface area contributed by atoms with Crippen molar-refractivity contribution in [2.24, 2.45) is 5.92 Å². The van der Waals surface area contributed by atoms with Gasteiger partial charge in [0.2, 0.25) is 5.91 Å². The molecule has 1 saturated heterocycles. The molecule has 1 aliphatic heterocycles. The van der Waals surface area contributed by atoms with Gasteiger partial charge in [0.05, 0.1) is 18.6 Å². The van der Waals surface area contributed by atoms with Crippen molar-refractivity contribution in [1.82, 2.24) is 0 Å². The second-order valence-electron chi connectivity index (χ2n) is 10.5. The summed E-state index contributed by atoms with van der Waals surface area (Å²) < 4.78 is 15.7. The highest BCUT2D eigenvalue weighted by Crippen LogP contribution is 2.30. The molecular weight excluding hydrogens is 512 g/mol. The summed E-state index contributed by atoms with van der Waals surface area (Å²) in [5.74, 6) is -1.20. The minimum absolute atomic E-state index is 0.00613. The Morgan fingerprint density at radius 3 is 2.08 bits per heavy atom. The first kappa shape index (κ1) is 28.4. The molecule has 0 aromatic heterocycles. The molecule has 3 aromatic carbocycles. The van der Waals surface area contributed by atoms with Gasteiger partial charge in [-0.25, -0.2) is 4.79 Å². The Balaban J connectivity index is 1.27. The maximum Gasteiger partial charge on any atom is 0.337 e.